The van der Waals surface area contributed by atoms with Crippen LogP contribution in [0.1, 0.15) is 11.1 Å². The van der Waals surface area contributed by atoms with Gasteiger partial charge in [-0.25, -0.2) is 0 Å². The predicted octanol–water partition coefficient (Wildman–Crippen LogP) is 1.34. The van der Waals surface area contributed by atoms with E-state index in [1.807, 2.05) is 24.3 Å². The molecule has 2 fully saturated rings. The summed E-state index contributed by atoms with van der Waals surface area (Å²) < 4.78 is 22.0. The molecule has 0 bridgehead atoms. The maximum absolute atomic E-state index is 5.50. The van der Waals surface area contributed by atoms with Gasteiger partial charge in [-0.3, -0.25) is 0 Å². The predicted molar refractivity (Wildman–Crippen MR) is 96.4 cm³/mol. The summed E-state index contributed by atoms with van der Waals surface area (Å²) in [6.07, 6.45) is 4.19. The Balaban J connectivity index is 1.40. The maximum Gasteiger partial charge on any atom is 0.494 e. The second-order valence-corrected chi connectivity index (χ2v) is 5.81. The van der Waals surface area contributed by atoms with Crippen LogP contribution in [0.4, 0.5) is 0 Å². The van der Waals surface area contributed by atoms with Crippen LogP contribution >= 0.6 is 0 Å². The SMILES string of the molecule is C(=Cc1ccc(B2OCCO2)cc1)c1ccc(B2OCCO2)cc1. The highest BCUT2D eigenvalue weighted by Gasteiger charge is 2.26. The van der Waals surface area contributed by atoms with Crippen LogP contribution in [0.3, 0.4) is 0 Å². The van der Waals surface area contributed by atoms with Crippen molar-refractivity contribution in [3.8, 4) is 0 Å². The van der Waals surface area contributed by atoms with Crippen molar-refractivity contribution in [1.29, 1.82) is 0 Å². The molecule has 2 heterocycles. The van der Waals surface area contributed by atoms with Crippen LogP contribution in [-0.4, -0.2) is 40.7 Å². The lowest BCUT2D eigenvalue weighted by Crippen LogP contribution is -2.31. The first-order valence-electron chi connectivity index (χ1n) is 8.23. The summed E-state index contributed by atoms with van der Waals surface area (Å²) in [6, 6.07) is 16.5. The Bertz CT molecular complexity index is 626. The zero-order valence-corrected chi connectivity index (χ0v) is 13.4. The van der Waals surface area contributed by atoms with E-state index >= 15 is 0 Å². The molecule has 0 aromatic heterocycles. The zero-order chi connectivity index (χ0) is 16.2. The average molecular weight is 320 g/mol. The van der Waals surface area contributed by atoms with Gasteiger partial charge in [-0.1, -0.05) is 60.7 Å². The van der Waals surface area contributed by atoms with Crippen LogP contribution in [0, 0.1) is 0 Å². The van der Waals surface area contributed by atoms with E-state index in [4.69, 9.17) is 18.6 Å². The fourth-order valence-corrected chi connectivity index (χ4v) is 2.82. The Hall–Kier alpha value is -1.85. The molecule has 2 aliphatic rings. The Labute approximate surface area is 142 Å². The topological polar surface area (TPSA) is 36.9 Å². The van der Waals surface area contributed by atoms with Crippen LogP contribution in [0.15, 0.2) is 48.5 Å². The number of benzene rings is 2. The van der Waals surface area contributed by atoms with Gasteiger partial charge in [0.05, 0.1) is 26.4 Å². The lowest BCUT2D eigenvalue weighted by Gasteiger charge is -2.05. The van der Waals surface area contributed by atoms with Crippen molar-refractivity contribution >= 4 is 37.3 Å². The second kappa shape index (κ2) is 7.36. The van der Waals surface area contributed by atoms with Gasteiger partial charge in [0.1, 0.15) is 0 Å². The monoisotopic (exact) mass is 320 g/mol. The summed E-state index contributed by atoms with van der Waals surface area (Å²) in [5.74, 6) is 0. The first-order valence-corrected chi connectivity index (χ1v) is 8.23. The molecule has 0 atom stereocenters. The van der Waals surface area contributed by atoms with Crippen molar-refractivity contribution in [2.45, 2.75) is 0 Å². The molecule has 4 rings (SSSR count). The van der Waals surface area contributed by atoms with Gasteiger partial charge in [0, 0.05) is 0 Å². The highest BCUT2D eigenvalue weighted by Crippen LogP contribution is 2.09. The highest BCUT2D eigenvalue weighted by molar-refractivity contribution is 6.62. The molecule has 0 N–H and O–H groups in total. The fourth-order valence-electron chi connectivity index (χ4n) is 2.82. The van der Waals surface area contributed by atoms with Gasteiger partial charge in [-0.2, -0.15) is 0 Å². The standard InChI is InChI=1S/C18H18B2O4/c1(15-3-7-17(8-4-15)19-21-11-12-22-19)2-16-5-9-18(10-6-16)20-23-13-14-24-20/h1-10H,11-14H2. The summed E-state index contributed by atoms with van der Waals surface area (Å²) in [7, 11) is -0.425. The molecule has 120 valence electrons. The molecule has 2 aromatic carbocycles. The van der Waals surface area contributed by atoms with Crippen molar-refractivity contribution in [3.63, 3.8) is 0 Å². The summed E-state index contributed by atoms with van der Waals surface area (Å²) in [5.41, 5.74) is 4.41. The van der Waals surface area contributed by atoms with Crippen LogP contribution in [0.5, 0.6) is 0 Å². The smallest absolute Gasteiger partial charge is 0.405 e. The van der Waals surface area contributed by atoms with Crippen molar-refractivity contribution < 1.29 is 18.6 Å². The average Bonchev–Trinajstić information content (AvgIpc) is 3.34. The molecule has 2 saturated heterocycles. The number of hydrogen-bond donors (Lipinski definition) is 0. The molecule has 0 amide bonds. The van der Waals surface area contributed by atoms with E-state index in [-0.39, 0.29) is 14.2 Å². The van der Waals surface area contributed by atoms with E-state index in [2.05, 4.69) is 36.4 Å². The quantitative estimate of drug-likeness (QED) is 0.629. The third-order valence-electron chi connectivity index (χ3n) is 4.13. The normalized spacial score (nSPS) is 18.0. The third-order valence-corrected chi connectivity index (χ3v) is 4.13. The molecule has 2 aromatic rings. The summed E-state index contributed by atoms with van der Waals surface area (Å²) >= 11 is 0. The van der Waals surface area contributed by atoms with E-state index < -0.39 is 0 Å². The van der Waals surface area contributed by atoms with Crippen LogP contribution < -0.4 is 10.9 Å². The minimum atomic E-state index is -0.212. The number of rotatable bonds is 4. The molecule has 6 heteroatoms. The Kier molecular flexibility index (Phi) is 4.81. The third kappa shape index (κ3) is 3.62. The lowest BCUT2D eigenvalue weighted by molar-refractivity contribution is 0.365. The van der Waals surface area contributed by atoms with Gasteiger partial charge in [-0.05, 0) is 22.1 Å². The van der Waals surface area contributed by atoms with E-state index in [0.717, 1.165) is 22.1 Å². The molecule has 4 nitrogen and oxygen atoms in total. The van der Waals surface area contributed by atoms with Crippen molar-refractivity contribution in [2.75, 3.05) is 26.4 Å². The van der Waals surface area contributed by atoms with E-state index in [9.17, 15) is 0 Å². The van der Waals surface area contributed by atoms with Crippen molar-refractivity contribution in [2.24, 2.45) is 0 Å². The van der Waals surface area contributed by atoms with Gasteiger partial charge in [0.25, 0.3) is 0 Å². The molecule has 24 heavy (non-hydrogen) atoms. The second-order valence-electron chi connectivity index (χ2n) is 5.81. The summed E-state index contributed by atoms with van der Waals surface area (Å²) in [5, 5.41) is 0. The number of hydrogen-bond acceptors (Lipinski definition) is 4. The first-order chi connectivity index (χ1) is 11.9. The first kappa shape index (κ1) is 15.7. The van der Waals surface area contributed by atoms with E-state index in [1.165, 1.54) is 0 Å². The van der Waals surface area contributed by atoms with E-state index in [1.54, 1.807) is 0 Å². The van der Waals surface area contributed by atoms with Crippen LogP contribution in [-0.2, 0) is 18.6 Å². The van der Waals surface area contributed by atoms with Gasteiger partial charge >= 0.3 is 14.2 Å². The summed E-state index contributed by atoms with van der Waals surface area (Å²) in [4.78, 5) is 0. The summed E-state index contributed by atoms with van der Waals surface area (Å²) in [6.45, 7) is 2.66. The molecule has 0 saturated carbocycles. The van der Waals surface area contributed by atoms with Gasteiger partial charge in [0.15, 0.2) is 0 Å². The highest BCUT2D eigenvalue weighted by atomic mass is 16.6. The van der Waals surface area contributed by atoms with Crippen molar-refractivity contribution in [1.82, 2.24) is 0 Å². The van der Waals surface area contributed by atoms with Crippen molar-refractivity contribution in [3.05, 3.63) is 59.7 Å². The van der Waals surface area contributed by atoms with E-state index in [0.29, 0.717) is 26.4 Å². The Morgan fingerprint density at radius 1 is 0.542 bits per heavy atom. The van der Waals surface area contributed by atoms with Gasteiger partial charge in [-0.15, -0.1) is 0 Å². The zero-order valence-electron chi connectivity index (χ0n) is 13.4. The molecule has 0 aliphatic carbocycles. The Morgan fingerprint density at radius 3 is 1.21 bits per heavy atom. The molecule has 0 unspecified atom stereocenters. The molecular formula is C18H18B2O4. The lowest BCUT2D eigenvalue weighted by atomic mass is 9.79. The van der Waals surface area contributed by atoms with Gasteiger partial charge in [0.2, 0.25) is 0 Å². The van der Waals surface area contributed by atoms with Crippen LogP contribution in [0.25, 0.3) is 12.2 Å². The minimum absolute atomic E-state index is 0.212. The molecule has 2 aliphatic heterocycles. The fraction of sp³-hybridized carbons (Fsp3) is 0.222. The maximum atomic E-state index is 5.50. The molecule has 0 radical (unpaired) electrons. The molecule has 0 spiro atoms. The largest absolute Gasteiger partial charge is 0.494 e. The van der Waals surface area contributed by atoms with Crippen LogP contribution in [0.2, 0.25) is 0 Å². The molecular weight excluding hydrogens is 302 g/mol. The minimum Gasteiger partial charge on any atom is -0.405 e. The Morgan fingerprint density at radius 2 is 0.875 bits per heavy atom. The van der Waals surface area contributed by atoms with Gasteiger partial charge < -0.3 is 18.6 Å².